The lowest BCUT2D eigenvalue weighted by Crippen LogP contribution is -2.52. The molecule has 0 saturated heterocycles. The van der Waals surface area contributed by atoms with Crippen molar-refractivity contribution in [1.82, 2.24) is 10.6 Å². The highest BCUT2D eigenvalue weighted by atomic mass is 16.6. The average Bonchev–Trinajstić information content (AvgIpc) is 3.33. The summed E-state index contributed by atoms with van der Waals surface area (Å²) in [6.45, 7) is 7.92. The van der Waals surface area contributed by atoms with Crippen molar-refractivity contribution in [2.75, 3.05) is 6.61 Å². The molecule has 0 aromatic heterocycles. The van der Waals surface area contributed by atoms with E-state index < -0.39 is 47.9 Å². The Morgan fingerprint density at radius 1 is 0.851 bits per heavy atom. The molecule has 3 atom stereocenters. The van der Waals surface area contributed by atoms with Crippen LogP contribution in [0.2, 0.25) is 0 Å². The van der Waals surface area contributed by atoms with Crippen LogP contribution in [0.1, 0.15) is 96.6 Å². The normalized spacial score (nSPS) is 16.4. The standard InChI is InChI=1S/C36H46N2O9/c1-22(39)30(37-34(42)44-21-29-27-17-11-9-15-25(27)26-16-10-12-18-28(26)29)19-20-31(40)45-23(2)32(38-35(43)47-36(3,4)5)33(41)46-24-13-7-6-8-14-24/h9-12,15-18,23-24,29-30,32H,6-8,13-14,19-21H2,1-5H3,(H,37,42)(H,38,43). The highest BCUT2D eigenvalue weighted by Crippen LogP contribution is 2.44. The fourth-order valence-electron chi connectivity index (χ4n) is 5.98. The second kappa shape index (κ2) is 15.9. The van der Waals surface area contributed by atoms with Crippen LogP contribution < -0.4 is 10.6 Å². The lowest BCUT2D eigenvalue weighted by atomic mass is 9.98. The van der Waals surface area contributed by atoms with Crippen molar-refractivity contribution in [3.63, 3.8) is 0 Å². The number of Topliss-reactive ketones (excluding diaryl/α,β-unsaturated/α-hetero) is 1. The monoisotopic (exact) mass is 650 g/mol. The first kappa shape index (κ1) is 35.4. The largest absolute Gasteiger partial charge is 0.461 e. The zero-order chi connectivity index (χ0) is 34.1. The number of rotatable bonds is 12. The molecule has 0 bridgehead atoms. The summed E-state index contributed by atoms with van der Waals surface area (Å²) in [7, 11) is 0. The number of ketones is 1. The van der Waals surface area contributed by atoms with Crippen molar-refractivity contribution in [3.8, 4) is 11.1 Å². The van der Waals surface area contributed by atoms with Crippen molar-refractivity contribution in [2.45, 2.75) is 115 Å². The van der Waals surface area contributed by atoms with Gasteiger partial charge in [0.05, 0.1) is 6.04 Å². The maximum Gasteiger partial charge on any atom is 0.408 e. The molecule has 0 spiro atoms. The summed E-state index contributed by atoms with van der Waals surface area (Å²) in [6, 6.07) is 13.6. The first-order valence-electron chi connectivity index (χ1n) is 16.3. The minimum absolute atomic E-state index is 0.0538. The number of alkyl carbamates (subject to hydrolysis) is 2. The van der Waals surface area contributed by atoms with Gasteiger partial charge in [0.15, 0.2) is 11.8 Å². The number of fused-ring (bicyclic) bond motifs is 3. The predicted octanol–water partition coefficient (Wildman–Crippen LogP) is 5.96. The molecule has 11 heteroatoms. The Morgan fingerprint density at radius 2 is 1.45 bits per heavy atom. The molecule has 2 aromatic rings. The molecule has 0 aliphatic heterocycles. The molecular formula is C36H46N2O9. The van der Waals surface area contributed by atoms with E-state index in [2.05, 4.69) is 10.6 Å². The summed E-state index contributed by atoms with van der Waals surface area (Å²) in [5.41, 5.74) is 3.49. The molecule has 2 aliphatic carbocycles. The molecule has 4 rings (SSSR count). The third-order valence-electron chi connectivity index (χ3n) is 8.31. The fourth-order valence-corrected chi connectivity index (χ4v) is 5.98. The van der Waals surface area contributed by atoms with Gasteiger partial charge in [0.1, 0.15) is 24.4 Å². The summed E-state index contributed by atoms with van der Waals surface area (Å²) in [6.07, 6.45) is 1.10. The van der Waals surface area contributed by atoms with Crippen molar-refractivity contribution >= 4 is 29.9 Å². The molecule has 1 saturated carbocycles. The molecule has 11 nitrogen and oxygen atoms in total. The summed E-state index contributed by atoms with van der Waals surface area (Å²) in [5, 5.41) is 5.05. The second-order valence-electron chi connectivity index (χ2n) is 13.2. The summed E-state index contributed by atoms with van der Waals surface area (Å²) >= 11 is 0. The van der Waals surface area contributed by atoms with Crippen molar-refractivity contribution in [3.05, 3.63) is 59.7 Å². The van der Waals surface area contributed by atoms with Crippen molar-refractivity contribution < 1.29 is 42.9 Å². The SMILES string of the molecule is CC(=O)C(CCC(=O)OC(C)C(NC(=O)OC(C)(C)C)C(=O)OC1CCCCC1)NC(=O)OCC1c2ccccc2-c2ccccc21. The molecule has 2 aromatic carbocycles. The van der Waals surface area contributed by atoms with Gasteiger partial charge in [-0.05, 0) is 89.0 Å². The maximum atomic E-state index is 13.1. The molecule has 2 aliphatic rings. The highest BCUT2D eigenvalue weighted by molar-refractivity contribution is 5.86. The molecule has 2 N–H and O–H groups in total. The molecule has 47 heavy (non-hydrogen) atoms. The van der Waals surface area contributed by atoms with E-state index in [9.17, 15) is 24.0 Å². The minimum Gasteiger partial charge on any atom is -0.461 e. The van der Waals surface area contributed by atoms with Gasteiger partial charge >= 0.3 is 24.1 Å². The van der Waals surface area contributed by atoms with Crippen LogP contribution in [-0.2, 0) is 33.3 Å². The first-order valence-corrected chi connectivity index (χ1v) is 16.3. The molecular weight excluding hydrogens is 604 g/mol. The van der Waals surface area contributed by atoms with E-state index in [1.807, 2.05) is 48.5 Å². The predicted molar refractivity (Wildman–Crippen MR) is 174 cm³/mol. The third-order valence-corrected chi connectivity index (χ3v) is 8.31. The zero-order valence-electron chi connectivity index (χ0n) is 27.8. The number of ether oxygens (including phenoxy) is 4. The molecule has 0 radical (unpaired) electrons. The number of esters is 2. The third kappa shape index (κ3) is 10.0. The number of hydrogen-bond donors (Lipinski definition) is 2. The Hall–Kier alpha value is -4.41. The van der Waals surface area contributed by atoms with Crippen LogP contribution in [0.3, 0.4) is 0 Å². The van der Waals surface area contributed by atoms with Gasteiger partial charge in [-0.15, -0.1) is 0 Å². The fraction of sp³-hybridized carbons (Fsp3) is 0.528. The maximum absolute atomic E-state index is 13.1. The molecule has 0 heterocycles. The van der Waals surface area contributed by atoms with E-state index >= 15 is 0 Å². The first-order chi connectivity index (χ1) is 22.3. The van der Waals surface area contributed by atoms with Crippen LogP contribution in [0.25, 0.3) is 11.1 Å². The second-order valence-corrected chi connectivity index (χ2v) is 13.2. The van der Waals surface area contributed by atoms with E-state index in [1.54, 1.807) is 20.8 Å². The van der Waals surface area contributed by atoms with E-state index in [-0.39, 0.29) is 37.3 Å². The van der Waals surface area contributed by atoms with Crippen LogP contribution in [-0.4, -0.2) is 66.4 Å². The van der Waals surface area contributed by atoms with Gasteiger partial charge in [-0.3, -0.25) is 9.59 Å². The summed E-state index contributed by atoms with van der Waals surface area (Å²) in [4.78, 5) is 63.7. The number of benzene rings is 2. The number of nitrogens with one attached hydrogen (secondary N) is 2. The molecule has 3 unspecified atom stereocenters. The molecule has 1 fully saturated rings. The number of hydrogen-bond acceptors (Lipinski definition) is 9. The van der Waals surface area contributed by atoms with Crippen LogP contribution >= 0.6 is 0 Å². The number of carbonyl (C=O) groups excluding carboxylic acids is 5. The van der Waals surface area contributed by atoms with Gasteiger partial charge in [0, 0.05) is 12.3 Å². The van der Waals surface area contributed by atoms with Crippen molar-refractivity contribution in [1.29, 1.82) is 0 Å². The molecule has 2 amide bonds. The van der Waals surface area contributed by atoms with Crippen LogP contribution in [0, 0.1) is 0 Å². The van der Waals surface area contributed by atoms with E-state index in [0.717, 1.165) is 54.4 Å². The lowest BCUT2D eigenvalue weighted by Gasteiger charge is -2.29. The topological polar surface area (TPSA) is 146 Å². The molecule has 254 valence electrons. The lowest BCUT2D eigenvalue weighted by molar-refractivity contribution is -0.161. The van der Waals surface area contributed by atoms with Crippen LogP contribution in [0.4, 0.5) is 9.59 Å². The van der Waals surface area contributed by atoms with Gasteiger partial charge < -0.3 is 29.6 Å². The Balaban J connectivity index is 1.31. The highest BCUT2D eigenvalue weighted by Gasteiger charge is 2.35. The van der Waals surface area contributed by atoms with Crippen molar-refractivity contribution in [2.24, 2.45) is 0 Å². The van der Waals surface area contributed by atoms with Crippen LogP contribution in [0.15, 0.2) is 48.5 Å². The number of amides is 2. The Kier molecular flexibility index (Phi) is 12.0. The van der Waals surface area contributed by atoms with Crippen LogP contribution in [0.5, 0.6) is 0 Å². The van der Waals surface area contributed by atoms with Gasteiger partial charge in [0.25, 0.3) is 0 Å². The van der Waals surface area contributed by atoms with E-state index in [4.69, 9.17) is 18.9 Å². The summed E-state index contributed by atoms with van der Waals surface area (Å²) in [5.74, 6) is -1.95. The minimum atomic E-state index is -1.31. The van der Waals surface area contributed by atoms with Gasteiger partial charge in [-0.25, -0.2) is 14.4 Å². The quantitative estimate of drug-likeness (QED) is 0.210. The van der Waals surface area contributed by atoms with Gasteiger partial charge in [-0.1, -0.05) is 55.0 Å². The van der Waals surface area contributed by atoms with E-state index in [0.29, 0.717) is 0 Å². The zero-order valence-corrected chi connectivity index (χ0v) is 27.8. The average molecular weight is 651 g/mol. The Bertz CT molecular complexity index is 1400. The Morgan fingerprint density at radius 3 is 2.02 bits per heavy atom. The summed E-state index contributed by atoms with van der Waals surface area (Å²) < 4.78 is 22.0. The smallest absolute Gasteiger partial charge is 0.408 e. The Labute approximate surface area is 276 Å². The van der Waals surface area contributed by atoms with Gasteiger partial charge in [-0.2, -0.15) is 0 Å². The van der Waals surface area contributed by atoms with Gasteiger partial charge in [0.2, 0.25) is 0 Å². The van der Waals surface area contributed by atoms with E-state index in [1.165, 1.54) is 13.8 Å². The number of carbonyl (C=O) groups is 5.